The highest BCUT2D eigenvalue weighted by Crippen LogP contribution is 2.45. The maximum atomic E-state index is 12.1. The number of carbonyl (C=O) groups is 1. The first-order valence-electron chi connectivity index (χ1n) is 13.8. The molecule has 0 aliphatic carbocycles. The van der Waals surface area contributed by atoms with Gasteiger partial charge in [0, 0.05) is 11.5 Å². The summed E-state index contributed by atoms with van der Waals surface area (Å²) in [6, 6.07) is 0. The zero-order chi connectivity index (χ0) is 29.0. The monoisotopic (exact) mass is 552 g/mol. The SMILES string of the molecule is C=CC[C@@H](O[Si](C)(C)C(C)(C)C)[C@@H]1O[C@H]1[C@@H](O[Si](C)(C)C(C)(C)C)[C@H](C)/C=C(C)/C=C(\C)C(=O)OCC. The third-order valence-corrected chi connectivity index (χ3v) is 17.2. The van der Waals surface area contributed by atoms with Crippen LogP contribution in [0.2, 0.25) is 36.3 Å². The van der Waals surface area contributed by atoms with Crippen molar-refractivity contribution in [3.05, 3.63) is 36.0 Å². The van der Waals surface area contributed by atoms with Crippen molar-refractivity contribution in [3.8, 4) is 0 Å². The van der Waals surface area contributed by atoms with Crippen molar-refractivity contribution in [2.75, 3.05) is 6.61 Å². The van der Waals surface area contributed by atoms with Gasteiger partial charge in [-0.2, -0.15) is 0 Å². The van der Waals surface area contributed by atoms with Gasteiger partial charge < -0.3 is 18.3 Å². The predicted molar refractivity (Wildman–Crippen MR) is 161 cm³/mol. The van der Waals surface area contributed by atoms with E-state index in [-0.39, 0.29) is 46.4 Å². The number of epoxide rings is 1. The Balaban J connectivity index is 3.29. The number of hydrogen-bond acceptors (Lipinski definition) is 5. The summed E-state index contributed by atoms with van der Waals surface area (Å²) in [4.78, 5) is 12.1. The topological polar surface area (TPSA) is 57.3 Å². The minimum absolute atomic E-state index is 0.0186. The zero-order valence-corrected chi connectivity index (χ0v) is 28.3. The Morgan fingerprint density at radius 1 is 0.973 bits per heavy atom. The molecular weight excluding hydrogens is 496 g/mol. The largest absolute Gasteiger partial charge is 0.463 e. The van der Waals surface area contributed by atoms with Crippen LogP contribution in [0.4, 0.5) is 0 Å². The molecule has 1 aliphatic heterocycles. The molecule has 1 fully saturated rings. The average Bonchev–Trinajstić information content (AvgIpc) is 3.50. The molecule has 0 unspecified atom stereocenters. The summed E-state index contributed by atoms with van der Waals surface area (Å²) in [5.41, 5.74) is 1.61. The zero-order valence-electron chi connectivity index (χ0n) is 26.3. The van der Waals surface area contributed by atoms with E-state index in [1.54, 1.807) is 6.92 Å². The second-order valence-corrected chi connectivity index (χ2v) is 23.2. The maximum absolute atomic E-state index is 12.1. The van der Waals surface area contributed by atoms with E-state index in [0.717, 1.165) is 12.0 Å². The summed E-state index contributed by atoms with van der Waals surface area (Å²) < 4.78 is 25.4. The van der Waals surface area contributed by atoms with Crippen LogP contribution >= 0.6 is 0 Å². The van der Waals surface area contributed by atoms with Gasteiger partial charge in [-0.15, -0.1) is 6.58 Å². The van der Waals surface area contributed by atoms with Gasteiger partial charge in [0.05, 0.1) is 18.8 Å². The summed E-state index contributed by atoms with van der Waals surface area (Å²) in [6.45, 7) is 34.9. The van der Waals surface area contributed by atoms with Gasteiger partial charge in [-0.25, -0.2) is 4.79 Å². The van der Waals surface area contributed by atoms with Crippen molar-refractivity contribution in [1.82, 2.24) is 0 Å². The van der Waals surface area contributed by atoms with E-state index >= 15 is 0 Å². The van der Waals surface area contributed by atoms with E-state index in [1.165, 1.54) is 0 Å². The highest BCUT2D eigenvalue weighted by Gasteiger charge is 2.55. The van der Waals surface area contributed by atoms with Crippen molar-refractivity contribution < 1.29 is 23.1 Å². The Bertz CT molecular complexity index is 845. The molecule has 0 spiro atoms. The molecule has 0 bridgehead atoms. The van der Waals surface area contributed by atoms with Crippen LogP contribution in [-0.4, -0.2) is 53.6 Å². The van der Waals surface area contributed by atoms with Crippen LogP contribution < -0.4 is 0 Å². The number of hydrogen-bond donors (Lipinski definition) is 0. The van der Waals surface area contributed by atoms with Gasteiger partial charge in [-0.3, -0.25) is 0 Å². The second-order valence-electron chi connectivity index (χ2n) is 13.7. The summed E-state index contributed by atoms with van der Waals surface area (Å²) in [5.74, 6) is -0.190. The third kappa shape index (κ3) is 9.61. The highest BCUT2D eigenvalue weighted by atomic mass is 28.4. The number of allylic oxidation sites excluding steroid dienone is 2. The minimum Gasteiger partial charge on any atom is -0.463 e. The summed E-state index contributed by atoms with van der Waals surface area (Å²) in [7, 11) is -4.06. The van der Waals surface area contributed by atoms with Crippen molar-refractivity contribution >= 4 is 22.6 Å². The second kappa shape index (κ2) is 12.9. The average molecular weight is 553 g/mol. The Labute approximate surface area is 230 Å². The van der Waals surface area contributed by atoms with Gasteiger partial charge in [0.2, 0.25) is 0 Å². The molecule has 0 amide bonds. The minimum atomic E-state index is -2.08. The van der Waals surface area contributed by atoms with Crippen LogP contribution in [0.25, 0.3) is 0 Å². The third-order valence-electron chi connectivity index (χ3n) is 8.23. The summed E-state index contributed by atoms with van der Waals surface area (Å²) in [5, 5.41) is 0.191. The lowest BCUT2D eigenvalue weighted by atomic mass is 9.95. The van der Waals surface area contributed by atoms with Crippen molar-refractivity contribution in [2.24, 2.45) is 5.92 Å². The Morgan fingerprint density at radius 3 is 1.95 bits per heavy atom. The maximum Gasteiger partial charge on any atom is 0.333 e. The molecule has 7 heteroatoms. The van der Waals surface area contributed by atoms with Gasteiger partial charge in [0.15, 0.2) is 16.6 Å². The van der Waals surface area contributed by atoms with Gasteiger partial charge in [0.25, 0.3) is 0 Å². The van der Waals surface area contributed by atoms with E-state index in [9.17, 15) is 4.79 Å². The quantitative estimate of drug-likeness (QED) is 0.0575. The first-order valence-corrected chi connectivity index (χ1v) is 19.7. The number of ether oxygens (including phenoxy) is 2. The molecule has 1 rings (SSSR count). The van der Waals surface area contributed by atoms with Gasteiger partial charge >= 0.3 is 5.97 Å². The molecule has 0 aromatic carbocycles. The molecule has 1 saturated heterocycles. The molecule has 5 atom stereocenters. The molecule has 37 heavy (non-hydrogen) atoms. The Morgan fingerprint density at radius 2 is 1.49 bits per heavy atom. The smallest absolute Gasteiger partial charge is 0.333 e. The number of esters is 1. The van der Waals surface area contributed by atoms with Gasteiger partial charge in [0.1, 0.15) is 12.2 Å². The predicted octanol–water partition coefficient (Wildman–Crippen LogP) is 8.20. The fourth-order valence-electron chi connectivity index (χ4n) is 3.86. The normalized spacial score (nSPS) is 22.3. The molecule has 0 aromatic heterocycles. The van der Waals surface area contributed by atoms with Crippen molar-refractivity contribution in [1.29, 1.82) is 0 Å². The lowest BCUT2D eigenvalue weighted by molar-refractivity contribution is -0.138. The Hall–Kier alpha value is -0.996. The number of carbonyl (C=O) groups excluding carboxylic acids is 1. The van der Waals surface area contributed by atoms with E-state index in [0.29, 0.717) is 12.2 Å². The molecule has 1 heterocycles. The summed E-state index contributed by atoms with van der Waals surface area (Å²) in [6.07, 6.45) is 6.58. The molecule has 1 aliphatic rings. The fourth-order valence-corrected chi connectivity index (χ4v) is 6.59. The lowest BCUT2D eigenvalue weighted by Crippen LogP contribution is -2.48. The van der Waals surface area contributed by atoms with E-state index in [4.69, 9.17) is 18.3 Å². The molecule has 0 N–H and O–H groups in total. The number of rotatable bonds is 13. The van der Waals surface area contributed by atoms with Crippen LogP contribution in [0.15, 0.2) is 36.0 Å². The lowest BCUT2D eigenvalue weighted by Gasteiger charge is -2.41. The van der Waals surface area contributed by atoms with Crippen LogP contribution in [0.3, 0.4) is 0 Å². The van der Waals surface area contributed by atoms with Crippen LogP contribution in [0, 0.1) is 5.92 Å². The fraction of sp³-hybridized carbons (Fsp3) is 0.767. The Kier molecular flexibility index (Phi) is 11.9. The first-order chi connectivity index (χ1) is 16.7. The van der Waals surface area contributed by atoms with E-state index in [1.807, 2.05) is 26.0 Å². The molecule has 0 aromatic rings. The highest BCUT2D eigenvalue weighted by molar-refractivity contribution is 6.74. The van der Waals surface area contributed by atoms with Crippen LogP contribution in [0.1, 0.15) is 75.7 Å². The standard InChI is InChI=1S/C30H56O5Si2/c1-16-18-24(34-36(12,13)29(6,7)8)26-27(33-26)25(35-37(14,15)30(9,10)11)22(4)19-21(3)20-23(5)28(31)32-17-2/h16,19-20,22,24-27H,1,17-18H2,2-15H3/b21-19+,23-20+/t22-,24-,25+,26+,27+/m1/s1. The van der Waals surface area contributed by atoms with Crippen LogP contribution in [-0.2, 0) is 23.1 Å². The van der Waals surface area contributed by atoms with Gasteiger partial charge in [-0.1, -0.05) is 66.2 Å². The first kappa shape index (κ1) is 34.0. The van der Waals surface area contributed by atoms with Crippen LogP contribution in [0.5, 0.6) is 0 Å². The molecule has 5 nitrogen and oxygen atoms in total. The molecule has 214 valence electrons. The summed E-state index contributed by atoms with van der Waals surface area (Å²) >= 11 is 0. The van der Waals surface area contributed by atoms with E-state index < -0.39 is 16.6 Å². The van der Waals surface area contributed by atoms with E-state index in [2.05, 4.69) is 87.3 Å². The van der Waals surface area contributed by atoms with Gasteiger partial charge in [-0.05, 0) is 69.5 Å². The molecular formula is C30H56O5Si2. The molecule has 0 saturated carbocycles. The molecule has 0 radical (unpaired) electrons. The van der Waals surface area contributed by atoms with Crippen molar-refractivity contribution in [2.45, 2.75) is 136 Å². The van der Waals surface area contributed by atoms with Crippen molar-refractivity contribution in [3.63, 3.8) is 0 Å².